The average Bonchev–Trinajstić information content (AvgIpc) is 3.35. The van der Waals surface area contributed by atoms with E-state index in [1.165, 1.54) is 23.1 Å². The third-order valence-corrected chi connectivity index (χ3v) is 6.17. The van der Waals surface area contributed by atoms with Crippen molar-refractivity contribution in [3.05, 3.63) is 51.9 Å². The zero-order chi connectivity index (χ0) is 19.5. The second-order valence-corrected chi connectivity index (χ2v) is 8.03. The zero-order valence-corrected chi connectivity index (χ0v) is 16.9. The highest BCUT2D eigenvalue weighted by molar-refractivity contribution is 7.98. The second-order valence-electron chi connectivity index (χ2n) is 6.23. The highest BCUT2D eigenvalue weighted by atomic mass is 32.2. The largest absolute Gasteiger partial charge is 0.334 e. The van der Waals surface area contributed by atoms with Gasteiger partial charge in [-0.25, -0.2) is 14.3 Å². The summed E-state index contributed by atoms with van der Waals surface area (Å²) in [5.41, 5.74) is 1.58. The number of nitrogen functional groups attached to an aromatic ring is 1. The summed E-state index contributed by atoms with van der Waals surface area (Å²) < 4.78 is 2.90. The van der Waals surface area contributed by atoms with Crippen LogP contribution in [-0.2, 0) is 12.3 Å². The van der Waals surface area contributed by atoms with Gasteiger partial charge in [-0.1, -0.05) is 55.4 Å². The molecule has 3 aromatic heterocycles. The van der Waals surface area contributed by atoms with E-state index < -0.39 is 0 Å². The maximum atomic E-state index is 12.9. The zero-order valence-electron chi connectivity index (χ0n) is 15.3. The Morgan fingerprint density at radius 1 is 1.25 bits per heavy atom. The summed E-state index contributed by atoms with van der Waals surface area (Å²) in [6, 6.07) is 9.78. The summed E-state index contributed by atoms with van der Waals surface area (Å²) in [6.45, 7) is 2.89. The molecule has 1 aromatic carbocycles. The van der Waals surface area contributed by atoms with Gasteiger partial charge in [0.2, 0.25) is 0 Å². The summed E-state index contributed by atoms with van der Waals surface area (Å²) >= 11 is 2.80. The number of benzene rings is 1. The van der Waals surface area contributed by atoms with Gasteiger partial charge in [-0.3, -0.25) is 4.79 Å². The first-order valence-corrected chi connectivity index (χ1v) is 10.8. The molecule has 0 amide bonds. The minimum Gasteiger partial charge on any atom is -0.334 e. The number of nitrogens with two attached hydrogens (primary N) is 1. The van der Waals surface area contributed by atoms with Crippen molar-refractivity contribution in [2.45, 2.75) is 37.2 Å². The molecular weight excluding hydrogens is 394 g/mol. The lowest BCUT2D eigenvalue weighted by molar-refractivity contribution is 0.540. The molecule has 0 radical (unpaired) electrons. The average molecular weight is 414 g/mol. The van der Waals surface area contributed by atoms with Gasteiger partial charge in [0, 0.05) is 17.5 Å². The number of unbranched alkanes of at least 4 members (excludes halogenated alkanes) is 1. The molecule has 4 aromatic rings. The van der Waals surface area contributed by atoms with Gasteiger partial charge in [0.25, 0.3) is 5.56 Å². The maximum absolute atomic E-state index is 12.9. The molecule has 0 saturated heterocycles. The Bertz CT molecular complexity index is 1150. The Morgan fingerprint density at radius 3 is 2.86 bits per heavy atom. The predicted molar refractivity (Wildman–Crippen MR) is 112 cm³/mol. The molecule has 0 bridgehead atoms. The molecule has 2 N–H and O–H groups in total. The van der Waals surface area contributed by atoms with Crippen LogP contribution < -0.4 is 11.4 Å². The number of hydrogen-bond donors (Lipinski definition) is 1. The van der Waals surface area contributed by atoms with Gasteiger partial charge >= 0.3 is 0 Å². The Hall–Kier alpha value is -2.72. The standard InChI is InChI=1S/C18H19N7OS2/c1-2-3-9-24-14(21-22-23-24)11-28-18-20-16-15(17(26)25(18)19)13(10-27-16)12-7-5-4-6-8-12/h4-8,10H,2-3,9,11,19H2,1H3. The lowest BCUT2D eigenvalue weighted by Gasteiger charge is -2.08. The van der Waals surface area contributed by atoms with E-state index in [-0.39, 0.29) is 5.56 Å². The predicted octanol–water partition coefficient (Wildman–Crippen LogP) is 2.92. The molecule has 0 atom stereocenters. The third kappa shape index (κ3) is 3.52. The van der Waals surface area contributed by atoms with Gasteiger partial charge < -0.3 is 5.84 Å². The van der Waals surface area contributed by atoms with Crippen molar-refractivity contribution in [3.63, 3.8) is 0 Å². The van der Waals surface area contributed by atoms with Crippen LogP contribution in [0.15, 0.2) is 45.7 Å². The summed E-state index contributed by atoms with van der Waals surface area (Å²) in [7, 11) is 0. The Kier molecular flexibility index (Phi) is 5.40. The molecule has 28 heavy (non-hydrogen) atoms. The molecule has 0 unspecified atom stereocenters. The van der Waals surface area contributed by atoms with E-state index in [4.69, 9.17) is 5.84 Å². The maximum Gasteiger partial charge on any atom is 0.282 e. The van der Waals surface area contributed by atoms with Crippen molar-refractivity contribution in [2.24, 2.45) is 0 Å². The van der Waals surface area contributed by atoms with E-state index in [0.717, 1.165) is 41.0 Å². The van der Waals surface area contributed by atoms with Crippen molar-refractivity contribution in [2.75, 3.05) is 5.84 Å². The van der Waals surface area contributed by atoms with Crippen LogP contribution in [0, 0.1) is 0 Å². The fourth-order valence-electron chi connectivity index (χ4n) is 2.85. The van der Waals surface area contributed by atoms with Crippen molar-refractivity contribution < 1.29 is 0 Å². The molecule has 10 heteroatoms. The van der Waals surface area contributed by atoms with Gasteiger partial charge in [-0.2, -0.15) is 0 Å². The molecule has 0 aliphatic heterocycles. The van der Waals surface area contributed by atoms with Gasteiger partial charge in [-0.05, 0) is 22.4 Å². The summed E-state index contributed by atoms with van der Waals surface area (Å²) in [5.74, 6) is 7.31. The minimum atomic E-state index is -0.252. The number of hydrogen-bond acceptors (Lipinski definition) is 8. The molecule has 4 rings (SSSR count). The van der Waals surface area contributed by atoms with Crippen molar-refractivity contribution >= 4 is 33.3 Å². The summed E-state index contributed by atoms with van der Waals surface area (Å²) in [4.78, 5) is 18.2. The Labute approximate surface area is 169 Å². The molecule has 0 spiro atoms. The van der Waals surface area contributed by atoms with Crippen LogP contribution in [0.3, 0.4) is 0 Å². The molecule has 8 nitrogen and oxygen atoms in total. The van der Waals surface area contributed by atoms with Crippen LogP contribution >= 0.6 is 23.1 Å². The molecule has 0 aliphatic rings. The van der Waals surface area contributed by atoms with Crippen LogP contribution in [0.2, 0.25) is 0 Å². The van der Waals surface area contributed by atoms with Crippen LogP contribution in [0.4, 0.5) is 0 Å². The monoisotopic (exact) mass is 413 g/mol. The lowest BCUT2D eigenvalue weighted by Crippen LogP contribution is -2.29. The van der Waals surface area contributed by atoms with Gasteiger partial charge in [0.1, 0.15) is 4.83 Å². The number of nitrogens with zero attached hydrogens (tertiary/aromatic N) is 6. The van der Waals surface area contributed by atoms with E-state index in [1.54, 1.807) is 4.68 Å². The number of rotatable bonds is 7. The van der Waals surface area contributed by atoms with Gasteiger partial charge in [0.05, 0.1) is 11.1 Å². The molecule has 0 aliphatic carbocycles. The van der Waals surface area contributed by atoms with E-state index in [0.29, 0.717) is 21.1 Å². The number of thiophene rings is 1. The van der Waals surface area contributed by atoms with Crippen molar-refractivity contribution in [1.82, 2.24) is 29.9 Å². The topological polar surface area (TPSA) is 105 Å². The summed E-state index contributed by atoms with van der Waals surface area (Å²) in [6.07, 6.45) is 2.07. The van der Waals surface area contributed by atoms with Crippen molar-refractivity contribution in [3.8, 4) is 11.1 Å². The number of thioether (sulfide) groups is 1. The SMILES string of the molecule is CCCCn1nnnc1CSc1nc2scc(-c3ccccc3)c2c(=O)n1N. The van der Waals surface area contributed by atoms with E-state index >= 15 is 0 Å². The number of fused-ring (bicyclic) bond motifs is 1. The Balaban J connectivity index is 1.64. The Morgan fingerprint density at radius 2 is 2.07 bits per heavy atom. The van der Waals surface area contributed by atoms with Gasteiger partial charge in [-0.15, -0.1) is 16.4 Å². The fraction of sp³-hybridized carbons (Fsp3) is 0.278. The second kappa shape index (κ2) is 8.11. The molecule has 3 heterocycles. The van der Waals surface area contributed by atoms with E-state index in [2.05, 4.69) is 27.4 Å². The van der Waals surface area contributed by atoms with Crippen LogP contribution in [0.5, 0.6) is 0 Å². The number of aryl methyl sites for hydroxylation is 1. The summed E-state index contributed by atoms with van der Waals surface area (Å²) in [5, 5.41) is 14.8. The van der Waals surface area contributed by atoms with Crippen LogP contribution in [0.1, 0.15) is 25.6 Å². The molecular formula is C18H19N7OS2. The highest BCUT2D eigenvalue weighted by Gasteiger charge is 2.17. The molecule has 144 valence electrons. The van der Waals surface area contributed by atoms with Crippen LogP contribution in [-0.4, -0.2) is 29.9 Å². The first kappa shape index (κ1) is 18.6. The van der Waals surface area contributed by atoms with E-state index in [1.807, 2.05) is 35.7 Å². The quantitative estimate of drug-likeness (QED) is 0.282. The highest BCUT2D eigenvalue weighted by Crippen LogP contribution is 2.32. The minimum absolute atomic E-state index is 0.252. The smallest absolute Gasteiger partial charge is 0.282 e. The first-order valence-electron chi connectivity index (χ1n) is 8.91. The third-order valence-electron chi connectivity index (χ3n) is 4.35. The molecule has 0 fully saturated rings. The van der Waals surface area contributed by atoms with E-state index in [9.17, 15) is 4.79 Å². The number of tetrazole rings is 1. The first-order chi connectivity index (χ1) is 13.7. The lowest BCUT2D eigenvalue weighted by atomic mass is 10.1. The number of aromatic nitrogens is 6. The van der Waals surface area contributed by atoms with Gasteiger partial charge in [0.15, 0.2) is 11.0 Å². The molecule has 0 saturated carbocycles. The normalized spacial score (nSPS) is 11.3. The van der Waals surface area contributed by atoms with Crippen LogP contribution in [0.25, 0.3) is 21.3 Å². The fourth-order valence-corrected chi connectivity index (χ4v) is 4.69. The van der Waals surface area contributed by atoms with Crippen molar-refractivity contribution in [1.29, 1.82) is 0 Å².